The number of aromatic carboxylic acids is 1. The molecule has 1 aromatic carbocycles. The Balaban J connectivity index is 1.98. The van der Waals surface area contributed by atoms with E-state index in [1.165, 1.54) is 10.9 Å². The summed E-state index contributed by atoms with van der Waals surface area (Å²) in [5.74, 6) is -0.286. The van der Waals surface area contributed by atoms with Gasteiger partial charge in [-0.3, -0.25) is 9.69 Å². The molecule has 0 atom stereocenters. The van der Waals surface area contributed by atoms with Gasteiger partial charge in [0.25, 0.3) is 0 Å². The van der Waals surface area contributed by atoms with E-state index in [-0.39, 0.29) is 29.2 Å². The molecule has 6 nitrogen and oxygen atoms in total. The molecule has 1 saturated carbocycles. The van der Waals surface area contributed by atoms with Crippen LogP contribution in [0.1, 0.15) is 56.8 Å². The molecule has 0 bridgehead atoms. The smallest absolute Gasteiger partial charge is 0.341 e. The number of hydrogen-bond donors (Lipinski definition) is 1. The molecule has 1 amide bonds. The first-order valence-electron chi connectivity index (χ1n) is 9.60. The maximum Gasteiger partial charge on any atom is 0.341 e. The minimum Gasteiger partial charge on any atom is -0.477 e. The predicted octanol–water partition coefficient (Wildman–Crippen LogP) is 4.14. The lowest BCUT2D eigenvalue weighted by Crippen LogP contribution is -2.43. The molecule has 144 valence electrons. The second-order valence-corrected chi connectivity index (χ2v) is 7.71. The molecule has 1 heterocycles. The number of carbonyl (C=O) groups excluding carboxylic acids is 1. The van der Waals surface area contributed by atoms with Crippen LogP contribution in [0.15, 0.2) is 36.5 Å². The summed E-state index contributed by atoms with van der Waals surface area (Å²) < 4.78 is 1.53. The van der Waals surface area contributed by atoms with Gasteiger partial charge in [-0.25, -0.2) is 9.48 Å². The lowest BCUT2D eigenvalue weighted by atomic mass is 9.82. The maximum atomic E-state index is 13.3. The van der Waals surface area contributed by atoms with Crippen molar-refractivity contribution in [1.82, 2.24) is 9.78 Å². The van der Waals surface area contributed by atoms with E-state index in [9.17, 15) is 14.7 Å². The fraction of sp³-hybridized carbons (Fsp3) is 0.476. The van der Waals surface area contributed by atoms with Crippen LogP contribution in [0.4, 0.5) is 5.82 Å². The molecule has 27 heavy (non-hydrogen) atoms. The summed E-state index contributed by atoms with van der Waals surface area (Å²) in [6, 6.07) is 9.16. The second-order valence-electron chi connectivity index (χ2n) is 7.71. The van der Waals surface area contributed by atoms with Gasteiger partial charge < -0.3 is 5.11 Å². The number of aromatic nitrogens is 2. The Hall–Kier alpha value is -2.63. The molecule has 1 N–H and O–H groups in total. The van der Waals surface area contributed by atoms with Crippen LogP contribution in [0.25, 0.3) is 5.69 Å². The number of anilines is 1. The van der Waals surface area contributed by atoms with E-state index in [0.717, 1.165) is 31.4 Å². The normalized spacial score (nSPS) is 19.9. The first-order chi connectivity index (χ1) is 12.9. The average Bonchev–Trinajstić information content (AvgIpc) is 3.08. The number of carboxylic acid groups (broad SMARTS) is 1. The van der Waals surface area contributed by atoms with Gasteiger partial charge in [0, 0.05) is 18.2 Å². The largest absolute Gasteiger partial charge is 0.477 e. The number of amides is 1. The number of nitrogens with zero attached hydrogens (tertiary/aromatic N) is 3. The Labute approximate surface area is 159 Å². The zero-order valence-corrected chi connectivity index (χ0v) is 16.1. The molecule has 0 unspecified atom stereocenters. The van der Waals surface area contributed by atoms with Gasteiger partial charge in [0.05, 0.1) is 5.69 Å². The molecule has 2 aromatic rings. The Morgan fingerprint density at radius 1 is 1.15 bits per heavy atom. The van der Waals surface area contributed by atoms with Crippen LogP contribution in [-0.2, 0) is 4.79 Å². The highest BCUT2D eigenvalue weighted by molar-refractivity contribution is 6.01. The molecule has 6 heteroatoms. The molecule has 1 aliphatic carbocycles. The van der Waals surface area contributed by atoms with Gasteiger partial charge >= 0.3 is 5.97 Å². The van der Waals surface area contributed by atoms with E-state index in [4.69, 9.17) is 0 Å². The summed E-state index contributed by atoms with van der Waals surface area (Å²) in [6.45, 7) is 6.01. The van der Waals surface area contributed by atoms with Crippen LogP contribution in [0.2, 0.25) is 0 Å². The van der Waals surface area contributed by atoms with E-state index in [1.807, 2.05) is 44.2 Å². The van der Waals surface area contributed by atoms with Crippen molar-refractivity contribution in [1.29, 1.82) is 0 Å². The summed E-state index contributed by atoms with van der Waals surface area (Å²) in [5.41, 5.74) is 0.805. The van der Waals surface area contributed by atoms with Crippen LogP contribution in [0.3, 0.4) is 0 Å². The van der Waals surface area contributed by atoms with E-state index in [2.05, 4.69) is 12.0 Å². The topological polar surface area (TPSA) is 75.4 Å². The van der Waals surface area contributed by atoms with Gasteiger partial charge in [0.15, 0.2) is 5.82 Å². The van der Waals surface area contributed by atoms with Crippen LogP contribution >= 0.6 is 0 Å². The average molecular weight is 369 g/mol. The van der Waals surface area contributed by atoms with E-state index >= 15 is 0 Å². The highest BCUT2D eigenvalue weighted by Crippen LogP contribution is 2.32. The SMILES string of the molecule is CC(C)N(c1nn(-c2ccccc2)cc1C(=O)O)C(=O)[C@H]1CC[C@H](C)CC1. The molecule has 0 aliphatic heterocycles. The highest BCUT2D eigenvalue weighted by atomic mass is 16.4. The van der Waals surface area contributed by atoms with Gasteiger partial charge in [-0.1, -0.05) is 25.1 Å². The zero-order chi connectivity index (χ0) is 19.6. The fourth-order valence-corrected chi connectivity index (χ4v) is 3.71. The van der Waals surface area contributed by atoms with Gasteiger partial charge in [-0.15, -0.1) is 5.10 Å². The molecule has 3 rings (SSSR count). The third kappa shape index (κ3) is 4.04. The molecular formula is C21H27N3O3. The first kappa shape index (κ1) is 19.1. The van der Waals surface area contributed by atoms with Crippen molar-refractivity contribution in [3.63, 3.8) is 0 Å². The van der Waals surface area contributed by atoms with Gasteiger partial charge in [-0.05, 0) is 57.6 Å². The minimum atomic E-state index is -1.08. The lowest BCUT2D eigenvalue weighted by Gasteiger charge is -2.32. The van der Waals surface area contributed by atoms with Gasteiger partial charge in [0.2, 0.25) is 5.91 Å². The van der Waals surface area contributed by atoms with Crippen molar-refractivity contribution in [2.75, 3.05) is 4.90 Å². The third-order valence-corrected chi connectivity index (χ3v) is 5.29. The van der Waals surface area contributed by atoms with Crippen LogP contribution < -0.4 is 4.90 Å². The van der Waals surface area contributed by atoms with E-state index < -0.39 is 5.97 Å². The van der Waals surface area contributed by atoms with Crippen molar-refractivity contribution < 1.29 is 14.7 Å². The number of rotatable bonds is 5. The van der Waals surface area contributed by atoms with Crippen LogP contribution in [0.5, 0.6) is 0 Å². The van der Waals surface area contributed by atoms with Crippen molar-refractivity contribution in [2.45, 2.75) is 52.5 Å². The van der Waals surface area contributed by atoms with Crippen LogP contribution in [-0.4, -0.2) is 32.8 Å². The van der Waals surface area contributed by atoms with Crippen molar-refractivity contribution in [2.24, 2.45) is 11.8 Å². The summed E-state index contributed by atoms with van der Waals surface area (Å²) in [5, 5.41) is 14.2. The highest BCUT2D eigenvalue weighted by Gasteiger charge is 2.34. The Morgan fingerprint density at radius 3 is 2.33 bits per heavy atom. The summed E-state index contributed by atoms with van der Waals surface area (Å²) >= 11 is 0. The zero-order valence-electron chi connectivity index (χ0n) is 16.1. The number of hydrogen-bond acceptors (Lipinski definition) is 3. The van der Waals surface area contributed by atoms with Gasteiger partial charge in [-0.2, -0.15) is 0 Å². The Kier molecular flexibility index (Phi) is 5.63. The number of para-hydroxylation sites is 1. The fourth-order valence-electron chi connectivity index (χ4n) is 3.71. The van der Waals surface area contributed by atoms with Crippen molar-refractivity contribution in [3.05, 3.63) is 42.1 Å². The Morgan fingerprint density at radius 2 is 1.78 bits per heavy atom. The van der Waals surface area contributed by atoms with Crippen molar-refractivity contribution >= 4 is 17.7 Å². The van der Waals surface area contributed by atoms with Gasteiger partial charge in [0.1, 0.15) is 5.56 Å². The maximum absolute atomic E-state index is 13.3. The molecule has 1 aliphatic rings. The van der Waals surface area contributed by atoms with Crippen molar-refractivity contribution in [3.8, 4) is 5.69 Å². The second kappa shape index (κ2) is 7.94. The first-order valence-corrected chi connectivity index (χ1v) is 9.60. The predicted molar refractivity (Wildman–Crippen MR) is 104 cm³/mol. The monoisotopic (exact) mass is 369 g/mol. The summed E-state index contributed by atoms with van der Waals surface area (Å²) in [4.78, 5) is 26.7. The standard InChI is InChI=1S/C21H27N3O3/c1-14(2)24(20(25)16-11-9-15(3)10-12-16)19-18(21(26)27)13-23(22-19)17-7-5-4-6-8-17/h4-8,13-16H,9-12H2,1-3H3,(H,26,27)/t15-,16-. The molecular weight excluding hydrogens is 342 g/mol. The molecule has 0 radical (unpaired) electrons. The summed E-state index contributed by atoms with van der Waals surface area (Å²) in [6.07, 6.45) is 5.26. The Bertz CT molecular complexity index is 805. The van der Waals surface area contributed by atoms with E-state index in [1.54, 1.807) is 4.90 Å². The number of benzene rings is 1. The minimum absolute atomic E-state index is 0.0160. The molecule has 1 fully saturated rings. The molecule has 0 spiro atoms. The quantitative estimate of drug-likeness (QED) is 0.859. The summed E-state index contributed by atoms with van der Waals surface area (Å²) in [7, 11) is 0. The lowest BCUT2D eigenvalue weighted by molar-refractivity contribution is -0.123. The van der Waals surface area contributed by atoms with E-state index in [0.29, 0.717) is 5.92 Å². The van der Waals surface area contributed by atoms with Crippen LogP contribution in [0, 0.1) is 11.8 Å². The number of carboxylic acids is 1. The third-order valence-electron chi connectivity index (χ3n) is 5.29. The molecule has 0 saturated heterocycles. The number of carbonyl (C=O) groups is 2. The molecule has 1 aromatic heterocycles.